The molecule has 1 atom stereocenters. The standard InChI is InChI=1S/C15H27N3/c1-5-18-13(10-12(2)17-18)11-15(16)9-7-6-8-14(15,3)4/h10H,5-9,11,16H2,1-4H3. The molecule has 0 bridgehead atoms. The molecule has 1 aromatic rings. The Labute approximate surface area is 111 Å². The molecule has 1 fully saturated rings. The van der Waals surface area contributed by atoms with Crippen LogP contribution in [0, 0.1) is 12.3 Å². The molecule has 0 aliphatic heterocycles. The van der Waals surface area contributed by atoms with Gasteiger partial charge in [-0.2, -0.15) is 5.10 Å². The van der Waals surface area contributed by atoms with Gasteiger partial charge >= 0.3 is 0 Å². The summed E-state index contributed by atoms with van der Waals surface area (Å²) >= 11 is 0. The van der Waals surface area contributed by atoms with Crippen LogP contribution in [0.4, 0.5) is 0 Å². The van der Waals surface area contributed by atoms with E-state index in [0.29, 0.717) is 0 Å². The average Bonchev–Trinajstić information content (AvgIpc) is 2.63. The highest BCUT2D eigenvalue weighted by atomic mass is 15.3. The third-order valence-electron chi connectivity index (χ3n) is 4.80. The maximum absolute atomic E-state index is 6.76. The molecule has 2 N–H and O–H groups in total. The van der Waals surface area contributed by atoms with Crippen molar-refractivity contribution in [1.29, 1.82) is 0 Å². The fourth-order valence-corrected chi connectivity index (χ4v) is 3.26. The highest BCUT2D eigenvalue weighted by molar-refractivity contribution is 5.15. The van der Waals surface area contributed by atoms with Gasteiger partial charge in [0.1, 0.15) is 0 Å². The van der Waals surface area contributed by atoms with Gasteiger partial charge < -0.3 is 5.73 Å². The first-order valence-electron chi connectivity index (χ1n) is 7.20. The molecule has 18 heavy (non-hydrogen) atoms. The minimum Gasteiger partial charge on any atom is -0.324 e. The van der Waals surface area contributed by atoms with Crippen LogP contribution in [0.25, 0.3) is 0 Å². The van der Waals surface area contributed by atoms with Gasteiger partial charge in [-0.25, -0.2) is 0 Å². The van der Waals surface area contributed by atoms with Gasteiger partial charge in [-0.15, -0.1) is 0 Å². The summed E-state index contributed by atoms with van der Waals surface area (Å²) in [5, 5.41) is 4.53. The van der Waals surface area contributed by atoms with E-state index >= 15 is 0 Å². The molecule has 1 unspecified atom stereocenters. The lowest BCUT2D eigenvalue weighted by Crippen LogP contribution is -2.56. The fraction of sp³-hybridized carbons (Fsp3) is 0.800. The van der Waals surface area contributed by atoms with Crippen LogP contribution in [-0.4, -0.2) is 15.3 Å². The van der Waals surface area contributed by atoms with Crippen LogP contribution >= 0.6 is 0 Å². The quantitative estimate of drug-likeness (QED) is 0.894. The van der Waals surface area contributed by atoms with E-state index in [2.05, 4.69) is 43.5 Å². The van der Waals surface area contributed by atoms with Gasteiger partial charge in [-0.1, -0.05) is 26.7 Å². The first kappa shape index (κ1) is 13.6. The number of hydrogen-bond acceptors (Lipinski definition) is 2. The molecular weight excluding hydrogens is 222 g/mol. The van der Waals surface area contributed by atoms with E-state index < -0.39 is 0 Å². The van der Waals surface area contributed by atoms with Crippen LogP contribution in [-0.2, 0) is 13.0 Å². The summed E-state index contributed by atoms with van der Waals surface area (Å²) in [6, 6.07) is 2.20. The summed E-state index contributed by atoms with van der Waals surface area (Å²) in [6.07, 6.45) is 5.91. The average molecular weight is 249 g/mol. The zero-order chi connectivity index (χ0) is 13.4. The summed E-state index contributed by atoms with van der Waals surface area (Å²) in [5.41, 5.74) is 9.31. The van der Waals surface area contributed by atoms with Gasteiger partial charge in [-0.05, 0) is 38.2 Å². The van der Waals surface area contributed by atoms with E-state index in [9.17, 15) is 0 Å². The molecule has 3 nitrogen and oxygen atoms in total. The summed E-state index contributed by atoms with van der Waals surface area (Å²) < 4.78 is 2.11. The Morgan fingerprint density at radius 3 is 2.61 bits per heavy atom. The molecule has 3 heteroatoms. The number of aryl methyl sites for hydroxylation is 2. The number of nitrogens with two attached hydrogens (primary N) is 1. The Kier molecular flexibility index (Phi) is 3.54. The number of aromatic nitrogens is 2. The van der Waals surface area contributed by atoms with Crippen molar-refractivity contribution in [2.24, 2.45) is 11.1 Å². The third kappa shape index (κ3) is 2.33. The van der Waals surface area contributed by atoms with Crippen LogP contribution in [0.3, 0.4) is 0 Å². The fourth-order valence-electron chi connectivity index (χ4n) is 3.26. The Morgan fingerprint density at radius 1 is 1.33 bits per heavy atom. The molecular formula is C15H27N3. The SMILES string of the molecule is CCn1nc(C)cc1CC1(N)CCCCC1(C)C. The van der Waals surface area contributed by atoms with E-state index in [1.807, 2.05) is 0 Å². The molecule has 1 aliphatic carbocycles. The second-order valence-corrected chi connectivity index (χ2v) is 6.52. The van der Waals surface area contributed by atoms with Gasteiger partial charge in [0.25, 0.3) is 0 Å². The monoisotopic (exact) mass is 249 g/mol. The highest BCUT2D eigenvalue weighted by Crippen LogP contribution is 2.43. The molecule has 1 aromatic heterocycles. The molecule has 1 saturated carbocycles. The summed E-state index contributed by atoms with van der Waals surface area (Å²) in [6.45, 7) is 9.78. The van der Waals surface area contributed by atoms with Gasteiger partial charge in [0.15, 0.2) is 0 Å². The van der Waals surface area contributed by atoms with Crippen LogP contribution in [0.1, 0.15) is 57.8 Å². The molecule has 0 spiro atoms. The number of nitrogens with zero attached hydrogens (tertiary/aromatic N) is 2. The zero-order valence-electron chi connectivity index (χ0n) is 12.3. The Morgan fingerprint density at radius 2 is 2.00 bits per heavy atom. The second kappa shape index (κ2) is 4.69. The molecule has 1 aliphatic rings. The second-order valence-electron chi connectivity index (χ2n) is 6.52. The Balaban J connectivity index is 2.25. The number of hydrogen-bond donors (Lipinski definition) is 1. The lowest BCUT2D eigenvalue weighted by Gasteiger charge is -2.48. The number of rotatable bonds is 3. The third-order valence-corrected chi connectivity index (χ3v) is 4.80. The van der Waals surface area contributed by atoms with Crippen molar-refractivity contribution in [1.82, 2.24) is 9.78 Å². The van der Waals surface area contributed by atoms with Gasteiger partial charge in [0, 0.05) is 24.2 Å². The van der Waals surface area contributed by atoms with Crippen molar-refractivity contribution in [3.05, 3.63) is 17.5 Å². The first-order valence-corrected chi connectivity index (χ1v) is 7.20. The van der Waals surface area contributed by atoms with Crippen LogP contribution in [0.15, 0.2) is 6.07 Å². The van der Waals surface area contributed by atoms with Crippen molar-refractivity contribution < 1.29 is 0 Å². The lowest BCUT2D eigenvalue weighted by molar-refractivity contribution is 0.0970. The normalized spacial score (nSPS) is 27.4. The first-order chi connectivity index (χ1) is 8.38. The van der Waals surface area contributed by atoms with E-state index in [1.54, 1.807) is 0 Å². The van der Waals surface area contributed by atoms with E-state index in [1.165, 1.54) is 25.0 Å². The Bertz CT molecular complexity index is 419. The van der Waals surface area contributed by atoms with E-state index in [-0.39, 0.29) is 11.0 Å². The van der Waals surface area contributed by atoms with E-state index in [4.69, 9.17) is 5.73 Å². The Hall–Kier alpha value is -0.830. The molecule has 0 saturated heterocycles. The minimum absolute atomic E-state index is 0.0787. The maximum atomic E-state index is 6.76. The van der Waals surface area contributed by atoms with E-state index in [0.717, 1.165) is 25.1 Å². The van der Waals surface area contributed by atoms with Crippen LogP contribution in [0.2, 0.25) is 0 Å². The molecule has 1 heterocycles. The predicted octanol–water partition coefficient (Wildman–Crippen LogP) is 3.05. The van der Waals surface area contributed by atoms with Gasteiger partial charge in [0.05, 0.1) is 5.69 Å². The molecule has 0 amide bonds. The van der Waals surface area contributed by atoms with Crippen LogP contribution < -0.4 is 5.73 Å². The summed E-state index contributed by atoms with van der Waals surface area (Å²) in [7, 11) is 0. The molecule has 0 aromatic carbocycles. The van der Waals surface area contributed by atoms with Crippen molar-refractivity contribution in [3.63, 3.8) is 0 Å². The summed E-state index contributed by atoms with van der Waals surface area (Å²) in [4.78, 5) is 0. The molecule has 2 rings (SSSR count). The largest absolute Gasteiger partial charge is 0.324 e. The predicted molar refractivity (Wildman–Crippen MR) is 75.5 cm³/mol. The molecule has 0 radical (unpaired) electrons. The smallest absolute Gasteiger partial charge is 0.0596 e. The zero-order valence-corrected chi connectivity index (χ0v) is 12.3. The van der Waals surface area contributed by atoms with Crippen molar-refractivity contribution in [2.45, 2.75) is 71.9 Å². The highest BCUT2D eigenvalue weighted by Gasteiger charge is 2.43. The van der Waals surface area contributed by atoms with Crippen molar-refractivity contribution in [2.75, 3.05) is 0 Å². The van der Waals surface area contributed by atoms with Gasteiger partial charge in [-0.3, -0.25) is 4.68 Å². The van der Waals surface area contributed by atoms with Gasteiger partial charge in [0.2, 0.25) is 0 Å². The van der Waals surface area contributed by atoms with Crippen molar-refractivity contribution in [3.8, 4) is 0 Å². The maximum Gasteiger partial charge on any atom is 0.0596 e. The van der Waals surface area contributed by atoms with Crippen molar-refractivity contribution >= 4 is 0 Å². The summed E-state index contributed by atoms with van der Waals surface area (Å²) in [5.74, 6) is 0. The van der Waals surface area contributed by atoms with Crippen LogP contribution in [0.5, 0.6) is 0 Å². The topological polar surface area (TPSA) is 43.8 Å². The molecule has 102 valence electrons. The lowest BCUT2D eigenvalue weighted by atomic mass is 9.62. The minimum atomic E-state index is -0.0787.